The lowest BCUT2D eigenvalue weighted by atomic mass is 10.1. The Morgan fingerprint density at radius 2 is 2.31 bits per heavy atom. The van der Waals surface area contributed by atoms with Gasteiger partial charge in [-0.2, -0.15) is 0 Å². The second kappa shape index (κ2) is 4.50. The lowest BCUT2D eigenvalue weighted by Crippen LogP contribution is -1.96. The summed E-state index contributed by atoms with van der Waals surface area (Å²) in [5.41, 5.74) is 1.45. The maximum absolute atomic E-state index is 8.56. The zero-order valence-corrected chi connectivity index (χ0v) is 7.82. The topological polar surface area (TPSA) is 41.8 Å². The quantitative estimate of drug-likeness (QED) is 0.439. The van der Waals surface area contributed by atoms with Crippen molar-refractivity contribution in [2.75, 3.05) is 6.61 Å². The van der Waals surface area contributed by atoms with Crippen LogP contribution in [0.5, 0.6) is 5.75 Å². The molecule has 0 bridgehead atoms. The van der Waals surface area contributed by atoms with Gasteiger partial charge in [0.15, 0.2) is 0 Å². The second-order valence-corrected chi connectivity index (χ2v) is 2.65. The number of nitrogens with zero attached hydrogens (tertiary/aromatic N) is 1. The first-order valence-electron chi connectivity index (χ1n) is 4.19. The summed E-state index contributed by atoms with van der Waals surface area (Å²) in [6.07, 6.45) is 0. The van der Waals surface area contributed by atoms with E-state index in [4.69, 9.17) is 9.94 Å². The van der Waals surface area contributed by atoms with Crippen molar-refractivity contribution in [3.05, 3.63) is 29.8 Å². The van der Waals surface area contributed by atoms with Crippen LogP contribution in [0, 0.1) is 0 Å². The molecule has 1 aromatic carbocycles. The molecule has 3 heteroatoms. The molecule has 1 rings (SSSR count). The Labute approximate surface area is 77.6 Å². The van der Waals surface area contributed by atoms with Crippen molar-refractivity contribution in [3.63, 3.8) is 0 Å². The fraction of sp³-hybridized carbons (Fsp3) is 0.300. The van der Waals surface area contributed by atoms with E-state index in [0.717, 1.165) is 11.3 Å². The molecule has 1 N–H and O–H groups in total. The third-order valence-corrected chi connectivity index (χ3v) is 1.71. The van der Waals surface area contributed by atoms with E-state index in [2.05, 4.69) is 5.16 Å². The number of ether oxygens (including phenoxy) is 1. The van der Waals surface area contributed by atoms with E-state index >= 15 is 0 Å². The Hall–Kier alpha value is -1.51. The minimum atomic E-state index is 0.585. The number of oxime groups is 1. The standard InChI is InChI=1S/C10H13NO2/c1-3-13-10-6-4-5-9(7-10)8(2)11-12/h4-7,12H,3H2,1-2H3/b11-8+. The number of hydrogen-bond acceptors (Lipinski definition) is 3. The van der Waals surface area contributed by atoms with Crippen molar-refractivity contribution in [1.29, 1.82) is 0 Å². The van der Waals surface area contributed by atoms with Crippen molar-refractivity contribution in [2.24, 2.45) is 5.16 Å². The van der Waals surface area contributed by atoms with E-state index in [1.54, 1.807) is 6.92 Å². The molecule has 0 aliphatic rings. The largest absolute Gasteiger partial charge is 0.494 e. The summed E-state index contributed by atoms with van der Waals surface area (Å²) in [7, 11) is 0. The van der Waals surface area contributed by atoms with Crippen LogP contribution >= 0.6 is 0 Å². The van der Waals surface area contributed by atoms with Gasteiger partial charge in [-0.05, 0) is 26.0 Å². The molecule has 0 aliphatic carbocycles. The summed E-state index contributed by atoms with van der Waals surface area (Å²) in [6, 6.07) is 7.46. The number of rotatable bonds is 3. The smallest absolute Gasteiger partial charge is 0.119 e. The van der Waals surface area contributed by atoms with E-state index in [0.29, 0.717) is 12.3 Å². The second-order valence-electron chi connectivity index (χ2n) is 2.65. The minimum Gasteiger partial charge on any atom is -0.494 e. The fourth-order valence-corrected chi connectivity index (χ4v) is 1.04. The van der Waals surface area contributed by atoms with Gasteiger partial charge in [-0.25, -0.2) is 0 Å². The Morgan fingerprint density at radius 1 is 1.54 bits per heavy atom. The van der Waals surface area contributed by atoms with E-state index in [1.165, 1.54) is 0 Å². The summed E-state index contributed by atoms with van der Waals surface area (Å²) >= 11 is 0. The summed E-state index contributed by atoms with van der Waals surface area (Å²) in [4.78, 5) is 0. The first-order valence-corrected chi connectivity index (χ1v) is 4.19. The molecule has 0 saturated heterocycles. The van der Waals surface area contributed by atoms with Gasteiger partial charge in [-0.1, -0.05) is 17.3 Å². The molecule has 0 unspecified atom stereocenters. The van der Waals surface area contributed by atoms with Gasteiger partial charge in [0.1, 0.15) is 5.75 Å². The third-order valence-electron chi connectivity index (χ3n) is 1.71. The first kappa shape index (κ1) is 9.58. The van der Waals surface area contributed by atoms with E-state index in [1.807, 2.05) is 31.2 Å². The van der Waals surface area contributed by atoms with Gasteiger partial charge in [0.2, 0.25) is 0 Å². The molecular formula is C10H13NO2. The third kappa shape index (κ3) is 2.47. The maximum Gasteiger partial charge on any atom is 0.119 e. The molecule has 3 nitrogen and oxygen atoms in total. The molecule has 70 valence electrons. The molecule has 0 radical (unpaired) electrons. The number of hydrogen-bond donors (Lipinski definition) is 1. The molecule has 0 spiro atoms. The van der Waals surface area contributed by atoms with Crippen LogP contribution in [0.4, 0.5) is 0 Å². The van der Waals surface area contributed by atoms with Gasteiger partial charge in [0.25, 0.3) is 0 Å². The van der Waals surface area contributed by atoms with Crippen LogP contribution in [-0.2, 0) is 0 Å². The lowest BCUT2D eigenvalue weighted by molar-refractivity contribution is 0.319. The lowest BCUT2D eigenvalue weighted by Gasteiger charge is -2.04. The van der Waals surface area contributed by atoms with Crippen LogP contribution in [0.3, 0.4) is 0 Å². The summed E-state index contributed by atoms with van der Waals surface area (Å²) < 4.78 is 5.30. The Kier molecular flexibility index (Phi) is 3.31. The van der Waals surface area contributed by atoms with Crippen molar-refractivity contribution >= 4 is 5.71 Å². The SMILES string of the molecule is CCOc1cccc(/C(C)=N/O)c1. The zero-order chi connectivity index (χ0) is 9.68. The van der Waals surface area contributed by atoms with E-state index in [-0.39, 0.29) is 0 Å². The average molecular weight is 179 g/mol. The zero-order valence-electron chi connectivity index (χ0n) is 7.82. The predicted octanol–water partition coefficient (Wildman–Crippen LogP) is 2.28. The van der Waals surface area contributed by atoms with Crippen LogP contribution < -0.4 is 4.74 Å². The molecule has 0 atom stereocenters. The Balaban J connectivity index is 2.91. The van der Waals surface area contributed by atoms with Crippen LogP contribution in [-0.4, -0.2) is 17.5 Å². The highest BCUT2D eigenvalue weighted by Crippen LogP contribution is 2.13. The van der Waals surface area contributed by atoms with Gasteiger partial charge < -0.3 is 9.94 Å². The highest BCUT2D eigenvalue weighted by Gasteiger charge is 1.99. The molecule has 1 aromatic rings. The molecule has 0 heterocycles. The highest BCUT2D eigenvalue weighted by atomic mass is 16.5. The van der Waals surface area contributed by atoms with Crippen LogP contribution in [0.15, 0.2) is 29.4 Å². The van der Waals surface area contributed by atoms with Gasteiger partial charge in [0.05, 0.1) is 12.3 Å². The van der Waals surface area contributed by atoms with Crippen LogP contribution in [0.2, 0.25) is 0 Å². The molecule has 0 aromatic heterocycles. The van der Waals surface area contributed by atoms with Crippen molar-refractivity contribution in [2.45, 2.75) is 13.8 Å². The highest BCUT2D eigenvalue weighted by molar-refractivity contribution is 5.98. The number of benzene rings is 1. The van der Waals surface area contributed by atoms with Gasteiger partial charge in [-0.15, -0.1) is 0 Å². The fourth-order valence-electron chi connectivity index (χ4n) is 1.04. The monoisotopic (exact) mass is 179 g/mol. The Morgan fingerprint density at radius 3 is 2.92 bits per heavy atom. The summed E-state index contributed by atoms with van der Waals surface area (Å²) in [6.45, 7) is 4.31. The van der Waals surface area contributed by atoms with Crippen molar-refractivity contribution < 1.29 is 9.94 Å². The average Bonchev–Trinajstić information content (AvgIpc) is 2.18. The van der Waals surface area contributed by atoms with Crippen molar-refractivity contribution in [1.82, 2.24) is 0 Å². The van der Waals surface area contributed by atoms with Crippen LogP contribution in [0.25, 0.3) is 0 Å². The van der Waals surface area contributed by atoms with Gasteiger partial charge in [-0.3, -0.25) is 0 Å². The van der Waals surface area contributed by atoms with E-state index in [9.17, 15) is 0 Å². The van der Waals surface area contributed by atoms with Crippen LogP contribution in [0.1, 0.15) is 19.4 Å². The summed E-state index contributed by atoms with van der Waals surface area (Å²) in [5.74, 6) is 0.794. The molecule has 13 heavy (non-hydrogen) atoms. The first-order chi connectivity index (χ1) is 6.27. The molecule has 0 fully saturated rings. The molecular weight excluding hydrogens is 166 g/mol. The minimum absolute atomic E-state index is 0.585. The summed E-state index contributed by atoms with van der Waals surface area (Å²) in [5, 5.41) is 11.7. The predicted molar refractivity (Wildman–Crippen MR) is 51.6 cm³/mol. The van der Waals surface area contributed by atoms with Crippen molar-refractivity contribution in [3.8, 4) is 5.75 Å². The Bertz CT molecular complexity index is 308. The maximum atomic E-state index is 8.56. The molecule has 0 saturated carbocycles. The van der Waals surface area contributed by atoms with E-state index < -0.39 is 0 Å². The normalized spacial score (nSPS) is 11.4. The van der Waals surface area contributed by atoms with Gasteiger partial charge >= 0.3 is 0 Å². The van der Waals surface area contributed by atoms with Gasteiger partial charge in [0, 0.05) is 5.56 Å². The molecule has 0 amide bonds. The molecule has 0 aliphatic heterocycles.